The number of pyridine rings is 1. The number of carboxylic acids is 1. The maximum absolute atomic E-state index is 13.1. The highest BCUT2D eigenvalue weighted by Crippen LogP contribution is 2.41. The van der Waals surface area contributed by atoms with E-state index < -0.39 is 17.2 Å². The molecule has 1 fully saturated rings. The Balaban J connectivity index is 2.20. The van der Waals surface area contributed by atoms with Gasteiger partial charge in [0.25, 0.3) is 0 Å². The fraction of sp³-hybridized carbons (Fsp3) is 0.538. The van der Waals surface area contributed by atoms with Crippen molar-refractivity contribution in [3.05, 3.63) is 29.8 Å². The summed E-state index contributed by atoms with van der Waals surface area (Å²) >= 11 is 0. The van der Waals surface area contributed by atoms with Crippen molar-refractivity contribution in [3.8, 4) is 0 Å². The first-order valence-electron chi connectivity index (χ1n) is 6.09. The molecule has 0 saturated heterocycles. The lowest BCUT2D eigenvalue weighted by atomic mass is 9.77. The van der Waals surface area contributed by atoms with E-state index in [9.17, 15) is 14.3 Å². The fourth-order valence-electron chi connectivity index (χ4n) is 2.30. The summed E-state index contributed by atoms with van der Waals surface area (Å²) in [5.41, 5.74) is 5.27. The Bertz CT molecular complexity index is 448. The third-order valence-corrected chi connectivity index (χ3v) is 3.52. The van der Waals surface area contributed by atoms with Gasteiger partial charge in [0.1, 0.15) is 5.82 Å². The van der Waals surface area contributed by atoms with Gasteiger partial charge < -0.3 is 10.8 Å². The number of hydrogen-bond acceptors (Lipinski definition) is 3. The van der Waals surface area contributed by atoms with Crippen LogP contribution in [0.1, 0.15) is 24.8 Å². The molecule has 1 unspecified atom stereocenters. The molecule has 0 radical (unpaired) electrons. The van der Waals surface area contributed by atoms with Crippen molar-refractivity contribution in [1.29, 1.82) is 0 Å². The molecule has 0 bridgehead atoms. The first-order chi connectivity index (χ1) is 8.55. The average Bonchev–Trinajstić information content (AvgIpc) is 3.11. The number of carboxylic acid groups (broad SMARTS) is 1. The fourth-order valence-corrected chi connectivity index (χ4v) is 2.30. The maximum Gasteiger partial charge on any atom is 0.311 e. The van der Waals surface area contributed by atoms with E-state index in [0.29, 0.717) is 17.9 Å². The molecule has 18 heavy (non-hydrogen) atoms. The number of nitrogens with two attached hydrogens (primary N) is 1. The van der Waals surface area contributed by atoms with Crippen LogP contribution in [0.25, 0.3) is 0 Å². The second-order valence-corrected chi connectivity index (χ2v) is 5.13. The Morgan fingerprint density at radius 2 is 2.28 bits per heavy atom. The molecule has 5 heteroatoms. The molecule has 0 spiro atoms. The van der Waals surface area contributed by atoms with Gasteiger partial charge in [0.05, 0.1) is 11.6 Å². The van der Waals surface area contributed by atoms with Gasteiger partial charge in [-0.1, -0.05) is 12.8 Å². The highest BCUT2D eigenvalue weighted by atomic mass is 19.1. The molecular weight excluding hydrogens is 235 g/mol. The van der Waals surface area contributed by atoms with E-state index in [1.165, 1.54) is 12.3 Å². The van der Waals surface area contributed by atoms with Crippen LogP contribution in [0, 0.1) is 17.2 Å². The summed E-state index contributed by atoms with van der Waals surface area (Å²) in [5, 5.41) is 9.44. The average molecular weight is 252 g/mol. The van der Waals surface area contributed by atoms with Gasteiger partial charge in [-0.05, 0) is 30.4 Å². The summed E-state index contributed by atoms with van der Waals surface area (Å²) in [5.74, 6) is -0.900. The zero-order valence-corrected chi connectivity index (χ0v) is 10.1. The second-order valence-electron chi connectivity index (χ2n) is 5.13. The van der Waals surface area contributed by atoms with Crippen molar-refractivity contribution in [2.75, 3.05) is 6.54 Å². The normalized spacial score (nSPS) is 18.3. The summed E-state index contributed by atoms with van der Waals surface area (Å²) in [7, 11) is 0. The van der Waals surface area contributed by atoms with Gasteiger partial charge >= 0.3 is 5.97 Å². The largest absolute Gasteiger partial charge is 0.481 e. The molecule has 1 aliphatic rings. The van der Waals surface area contributed by atoms with Crippen molar-refractivity contribution in [1.82, 2.24) is 4.98 Å². The topological polar surface area (TPSA) is 76.2 Å². The van der Waals surface area contributed by atoms with E-state index in [2.05, 4.69) is 4.98 Å². The Hall–Kier alpha value is -1.49. The van der Waals surface area contributed by atoms with E-state index in [0.717, 1.165) is 19.0 Å². The predicted molar refractivity (Wildman–Crippen MR) is 64.4 cm³/mol. The SMILES string of the molecule is NCC(Cc1cncc(F)c1)(CC1CC1)C(=O)O. The number of rotatable bonds is 6. The summed E-state index contributed by atoms with van der Waals surface area (Å²) < 4.78 is 13.1. The van der Waals surface area contributed by atoms with Crippen LogP contribution >= 0.6 is 0 Å². The Morgan fingerprint density at radius 3 is 2.78 bits per heavy atom. The molecule has 4 nitrogen and oxygen atoms in total. The monoisotopic (exact) mass is 252 g/mol. The lowest BCUT2D eigenvalue weighted by Crippen LogP contribution is -2.41. The zero-order chi connectivity index (χ0) is 13.2. The number of carbonyl (C=O) groups is 1. The van der Waals surface area contributed by atoms with Gasteiger partial charge in [0.2, 0.25) is 0 Å². The van der Waals surface area contributed by atoms with E-state index in [1.807, 2.05) is 0 Å². The quantitative estimate of drug-likeness (QED) is 0.806. The lowest BCUT2D eigenvalue weighted by molar-refractivity contribution is -0.149. The number of halogens is 1. The molecule has 1 aromatic heterocycles. The third kappa shape index (κ3) is 2.85. The van der Waals surface area contributed by atoms with Crippen LogP contribution < -0.4 is 5.73 Å². The molecule has 1 aromatic rings. The van der Waals surface area contributed by atoms with Crippen LogP contribution in [0.4, 0.5) is 4.39 Å². The van der Waals surface area contributed by atoms with E-state index in [1.54, 1.807) is 0 Å². The molecule has 1 saturated carbocycles. The lowest BCUT2D eigenvalue weighted by Gasteiger charge is -2.28. The van der Waals surface area contributed by atoms with Gasteiger partial charge in [-0.2, -0.15) is 0 Å². The van der Waals surface area contributed by atoms with Crippen molar-refractivity contribution in [2.24, 2.45) is 17.1 Å². The second kappa shape index (κ2) is 5.02. The van der Waals surface area contributed by atoms with Gasteiger partial charge in [-0.25, -0.2) is 4.39 Å². The molecule has 1 atom stereocenters. The maximum atomic E-state index is 13.1. The third-order valence-electron chi connectivity index (χ3n) is 3.52. The highest BCUT2D eigenvalue weighted by Gasteiger charge is 2.42. The van der Waals surface area contributed by atoms with Crippen LogP contribution in [0.3, 0.4) is 0 Å². The van der Waals surface area contributed by atoms with Crippen molar-refractivity contribution >= 4 is 5.97 Å². The van der Waals surface area contributed by atoms with Crippen LogP contribution in [0.2, 0.25) is 0 Å². The smallest absolute Gasteiger partial charge is 0.311 e. The standard InChI is InChI=1S/C13H17FN2O2/c14-11-3-10(6-16-7-11)5-13(8-15,12(17)18)4-9-1-2-9/h3,6-7,9H,1-2,4-5,8,15H2,(H,17,18). The summed E-state index contributed by atoms with van der Waals surface area (Å²) in [6, 6.07) is 1.33. The van der Waals surface area contributed by atoms with Crippen LogP contribution in [-0.2, 0) is 11.2 Å². The number of hydrogen-bond donors (Lipinski definition) is 2. The van der Waals surface area contributed by atoms with E-state index >= 15 is 0 Å². The van der Waals surface area contributed by atoms with Gasteiger partial charge in [-0.3, -0.25) is 9.78 Å². The van der Waals surface area contributed by atoms with Crippen molar-refractivity contribution in [3.63, 3.8) is 0 Å². The summed E-state index contributed by atoms with van der Waals surface area (Å²) in [4.78, 5) is 15.3. The molecule has 98 valence electrons. The van der Waals surface area contributed by atoms with Crippen LogP contribution in [0.15, 0.2) is 18.5 Å². The minimum atomic E-state index is -0.989. The van der Waals surface area contributed by atoms with Crippen LogP contribution in [-0.4, -0.2) is 22.6 Å². The Labute approximate surface area is 105 Å². The molecular formula is C13H17FN2O2. The number of aromatic nitrogens is 1. The molecule has 0 aromatic carbocycles. The summed E-state index contributed by atoms with van der Waals surface area (Å²) in [6.45, 7) is 0.0648. The van der Waals surface area contributed by atoms with Gasteiger partial charge in [0, 0.05) is 12.7 Å². The Kier molecular flexibility index (Phi) is 3.61. The molecule has 1 aliphatic carbocycles. The molecule has 2 rings (SSSR count). The molecule has 1 heterocycles. The first-order valence-corrected chi connectivity index (χ1v) is 6.09. The predicted octanol–water partition coefficient (Wildman–Crippen LogP) is 1.59. The van der Waals surface area contributed by atoms with Crippen molar-refractivity contribution < 1.29 is 14.3 Å². The van der Waals surface area contributed by atoms with Crippen molar-refractivity contribution in [2.45, 2.75) is 25.7 Å². The van der Waals surface area contributed by atoms with Gasteiger partial charge in [-0.15, -0.1) is 0 Å². The van der Waals surface area contributed by atoms with E-state index in [4.69, 9.17) is 5.73 Å². The molecule has 3 N–H and O–H groups in total. The molecule has 0 amide bonds. The minimum Gasteiger partial charge on any atom is -0.481 e. The highest BCUT2D eigenvalue weighted by molar-refractivity contribution is 5.75. The summed E-state index contributed by atoms with van der Waals surface area (Å²) in [6.07, 6.45) is 5.54. The Morgan fingerprint density at radius 1 is 1.56 bits per heavy atom. The minimum absolute atomic E-state index is 0.0648. The van der Waals surface area contributed by atoms with Crippen LogP contribution in [0.5, 0.6) is 0 Å². The number of aliphatic carboxylic acids is 1. The van der Waals surface area contributed by atoms with Gasteiger partial charge in [0.15, 0.2) is 0 Å². The van der Waals surface area contributed by atoms with E-state index in [-0.39, 0.29) is 13.0 Å². The number of nitrogens with zero attached hydrogens (tertiary/aromatic N) is 1. The molecule has 0 aliphatic heterocycles. The zero-order valence-electron chi connectivity index (χ0n) is 10.1. The first kappa shape index (κ1) is 13.0.